The Morgan fingerprint density at radius 3 is 2.44 bits per heavy atom. The van der Waals surface area contributed by atoms with Crippen LogP contribution in [-0.4, -0.2) is 20.9 Å². The number of nitrogens with one attached hydrogen (secondary N) is 2. The van der Waals surface area contributed by atoms with E-state index in [0.29, 0.717) is 5.69 Å². The molecule has 1 aliphatic carbocycles. The molecule has 1 aromatic carbocycles. The maximum absolute atomic E-state index is 11.7. The quantitative estimate of drug-likeness (QED) is 0.411. The predicted octanol–water partition coefficient (Wildman–Crippen LogP) is 5.03. The van der Waals surface area contributed by atoms with Crippen LogP contribution in [0.3, 0.4) is 0 Å². The molecule has 1 heterocycles. The van der Waals surface area contributed by atoms with E-state index in [4.69, 9.17) is 0 Å². The van der Waals surface area contributed by atoms with Gasteiger partial charge in [0.05, 0.1) is 10.6 Å². The van der Waals surface area contributed by atoms with E-state index >= 15 is 0 Å². The summed E-state index contributed by atoms with van der Waals surface area (Å²) in [6.45, 7) is 0. The molecule has 0 aliphatic heterocycles. The van der Waals surface area contributed by atoms with Crippen LogP contribution in [0.4, 0.5) is 23.0 Å². The lowest BCUT2D eigenvalue weighted by Gasteiger charge is -2.17. The van der Waals surface area contributed by atoms with Crippen molar-refractivity contribution < 1.29 is 4.92 Å². The molecule has 0 atom stereocenters. The molecule has 2 aromatic rings. The highest BCUT2D eigenvalue weighted by molar-refractivity contribution is 9.10. The minimum Gasteiger partial charge on any atom is -0.361 e. The lowest BCUT2D eigenvalue weighted by molar-refractivity contribution is -0.383. The van der Waals surface area contributed by atoms with E-state index in [1.54, 1.807) is 0 Å². The Hall–Kier alpha value is -2.22. The van der Waals surface area contributed by atoms with Gasteiger partial charge in [0.15, 0.2) is 0 Å². The van der Waals surface area contributed by atoms with Crippen LogP contribution in [0.15, 0.2) is 35.1 Å². The Bertz CT molecular complexity index is 748. The smallest absolute Gasteiger partial charge is 0.353 e. The van der Waals surface area contributed by atoms with Gasteiger partial charge in [0.2, 0.25) is 11.6 Å². The van der Waals surface area contributed by atoms with Crippen LogP contribution in [0.5, 0.6) is 0 Å². The van der Waals surface area contributed by atoms with E-state index < -0.39 is 4.92 Å². The number of benzene rings is 1. The Labute approximate surface area is 154 Å². The van der Waals surface area contributed by atoms with Crippen molar-refractivity contribution in [3.63, 3.8) is 0 Å². The van der Waals surface area contributed by atoms with Crippen LogP contribution in [0.1, 0.15) is 38.5 Å². The summed E-state index contributed by atoms with van der Waals surface area (Å²) in [6.07, 6.45) is 8.09. The molecule has 0 radical (unpaired) electrons. The Balaban J connectivity index is 1.88. The van der Waals surface area contributed by atoms with Gasteiger partial charge in [0.1, 0.15) is 6.33 Å². The third-order valence-corrected chi connectivity index (χ3v) is 5.02. The van der Waals surface area contributed by atoms with Crippen LogP contribution in [0.25, 0.3) is 0 Å². The van der Waals surface area contributed by atoms with Crippen LogP contribution in [0, 0.1) is 10.1 Å². The number of halogens is 1. The third-order valence-electron chi connectivity index (χ3n) is 4.33. The summed E-state index contributed by atoms with van der Waals surface area (Å²) in [4.78, 5) is 19.4. The fourth-order valence-corrected chi connectivity index (χ4v) is 3.44. The Morgan fingerprint density at radius 2 is 1.76 bits per heavy atom. The normalized spacial score (nSPS) is 15.4. The van der Waals surface area contributed by atoms with Crippen LogP contribution < -0.4 is 10.6 Å². The first-order valence-electron chi connectivity index (χ1n) is 8.42. The average Bonchev–Trinajstić information content (AvgIpc) is 2.85. The van der Waals surface area contributed by atoms with Crippen molar-refractivity contribution in [3.8, 4) is 0 Å². The van der Waals surface area contributed by atoms with E-state index in [9.17, 15) is 10.1 Å². The highest BCUT2D eigenvalue weighted by Crippen LogP contribution is 2.34. The second-order valence-corrected chi connectivity index (χ2v) is 6.97. The molecule has 1 saturated carbocycles. The molecule has 25 heavy (non-hydrogen) atoms. The highest BCUT2D eigenvalue weighted by Gasteiger charge is 2.25. The van der Waals surface area contributed by atoms with Crippen molar-refractivity contribution in [2.24, 2.45) is 0 Å². The maximum Gasteiger partial charge on any atom is 0.353 e. The molecule has 2 N–H and O–H groups in total. The molecule has 0 unspecified atom stereocenters. The van der Waals surface area contributed by atoms with Crippen LogP contribution >= 0.6 is 15.9 Å². The summed E-state index contributed by atoms with van der Waals surface area (Å²) in [7, 11) is 0. The van der Waals surface area contributed by atoms with Crippen molar-refractivity contribution in [1.29, 1.82) is 0 Å². The van der Waals surface area contributed by atoms with E-state index in [1.807, 2.05) is 24.3 Å². The van der Waals surface area contributed by atoms with Gasteiger partial charge in [-0.05, 0) is 40.9 Å². The molecule has 1 aromatic heterocycles. The third kappa shape index (κ3) is 4.45. The monoisotopic (exact) mass is 405 g/mol. The van der Waals surface area contributed by atoms with Gasteiger partial charge in [0, 0.05) is 10.5 Å². The summed E-state index contributed by atoms with van der Waals surface area (Å²) in [5, 5.41) is 18.0. The Kier molecular flexibility index (Phi) is 5.80. The topological polar surface area (TPSA) is 93.0 Å². The summed E-state index contributed by atoms with van der Waals surface area (Å²) < 4.78 is 0.807. The molecular formula is C17H20BrN5O2. The molecule has 3 rings (SSSR count). The zero-order chi connectivity index (χ0) is 17.6. The lowest BCUT2D eigenvalue weighted by atomic mass is 10.1. The number of hydrogen-bond donors (Lipinski definition) is 2. The number of nitrogens with zero attached hydrogens (tertiary/aromatic N) is 3. The minimum absolute atomic E-state index is 0.123. The average molecular weight is 406 g/mol. The standard InChI is InChI=1S/C17H20BrN5O2/c18-13-9-5-6-10-14(13)22-17-15(23(24)25)16(19-11-20-17)21-12-7-3-1-2-4-8-12/h5-6,9-12H,1-4,7-8H2,(H2,19,20,21,22). The number of para-hydroxylation sites is 1. The highest BCUT2D eigenvalue weighted by atomic mass is 79.9. The number of hydrogen-bond acceptors (Lipinski definition) is 6. The molecule has 1 fully saturated rings. The van der Waals surface area contributed by atoms with Crippen molar-refractivity contribution in [2.45, 2.75) is 44.6 Å². The molecule has 7 nitrogen and oxygen atoms in total. The van der Waals surface area contributed by atoms with Gasteiger partial charge >= 0.3 is 5.69 Å². The maximum atomic E-state index is 11.7. The van der Waals surface area contributed by atoms with Crippen molar-refractivity contribution in [3.05, 3.63) is 45.2 Å². The molecule has 0 bridgehead atoms. The van der Waals surface area contributed by atoms with Gasteiger partial charge in [0.25, 0.3) is 0 Å². The van der Waals surface area contributed by atoms with E-state index in [-0.39, 0.29) is 23.4 Å². The van der Waals surface area contributed by atoms with Gasteiger partial charge in [-0.15, -0.1) is 0 Å². The van der Waals surface area contributed by atoms with Gasteiger partial charge in [-0.1, -0.05) is 37.8 Å². The summed E-state index contributed by atoms with van der Waals surface area (Å²) in [5.41, 5.74) is 0.590. The first-order chi connectivity index (χ1) is 12.1. The lowest BCUT2D eigenvalue weighted by Crippen LogP contribution is -2.20. The molecule has 1 aliphatic rings. The van der Waals surface area contributed by atoms with Crippen molar-refractivity contribution >= 4 is 38.9 Å². The molecular weight excluding hydrogens is 386 g/mol. The SMILES string of the molecule is O=[N+]([O-])c1c(Nc2ccccc2Br)ncnc1NC1CCCCCC1. The molecule has 0 saturated heterocycles. The van der Waals surface area contributed by atoms with E-state index in [2.05, 4.69) is 36.5 Å². The van der Waals surface area contributed by atoms with Gasteiger partial charge in [-0.25, -0.2) is 9.97 Å². The van der Waals surface area contributed by atoms with Crippen molar-refractivity contribution in [2.75, 3.05) is 10.6 Å². The number of rotatable bonds is 5. The molecule has 0 amide bonds. The van der Waals surface area contributed by atoms with E-state index in [1.165, 1.54) is 19.2 Å². The fourth-order valence-electron chi connectivity index (χ4n) is 3.06. The molecule has 8 heteroatoms. The second-order valence-electron chi connectivity index (χ2n) is 6.11. The van der Waals surface area contributed by atoms with Gasteiger partial charge in [-0.3, -0.25) is 10.1 Å². The number of aromatic nitrogens is 2. The van der Waals surface area contributed by atoms with Gasteiger partial charge in [-0.2, -0.15) is 0 Å². The molecule has 0 spiro atoms. The van der Waals surface area contributed by atoms with Crippen LogP contribution in [-0.2, 0) is 0 Å². The van der Waals surface area contributed by atoms with Gasteiger partial charge < -0.3 is 10.6 Å². The number of anilines is 3. The second kappa shape index (κ2) is 8.24. The minimum atomic E-state index is -0.432. The van der Waals surface area contributed by atoms with Crippen molar-refractivity contribution in [1.82, 2.24) is 9.97 Å². The number of nitro groups is 1. The zero-order valence-corrected chi connectivity index (χ0v) is 15.3. The summed E-state index contributed by atoms with van der Waals surface area (Å²) >= 11 is 3.43. The van der Waals surface area contributed by atoms with E-state index in [0.717, 1.165) is 30.2 Å². The first kappa shape index (κ1) is 17.6. The zero-order valence-electron chi connectivity index (χ0n) is 13.7. The fraction of sp³-hybridized carbons (Fsp3) is 0.412. The summed E-state index contributed by atoms with van der Waals surface area (Å²) in [5.74, 6) is 0.462. The first-order valence-corrected chi connectivity index (χ1v) is 9.22. The predicted molar refractivity (Wildman–Crippen MR) is 101 cm³/mol. The summed E-state index contributed by atoms with van der Waals surface area (Å²) in [6, 6.07) is 7.63. The molecule has 132 valence electrons. The van der Waals surface area contributed by atoms with Crippen LogP contribution in [0.2, 0.25) is 0 Å². The Morgan fingerprint density at radius 1 is 1.08 bits per heavy atom. The largest absolute Gasteiger partial charge is 0.361 e.